The summed E-state index contributed by atoms with van der Waals surface area (Å²) in [6.07, 6.45) is -1.16. The number of anilines is 1. The van der Waals surface area contributed by atoms with E-state index in [1.54, 1.807) is 72.6 Å². The van der Waals surface area contributed by atoms with Gasteiger partial charge < -0.3 is 15.5 Å². The summed E-state index contributed by atoms with van der Waals surface area (Å²) in [6, 6.07) is 9.01. The van der Waals surface area contributed by atoms with Crippen LogP contribution >= 0.6 is 0 Å². The fourth-order valence-electron chi connectivity index (χ4n) is 2.70. The number of rotatable bonds is 4. The van der Waals surface area contributed by atoms with E-state index >= 15 is 0 Å². The van der Waals surface area contributed by atoms with Crippen molar-refractivity contribution in [2.75, 3.05) is 26.0 Å². The van der Waals surface area contributed by atoms with Crippen LogP contribution in [0, 0.1) is 0 Å². The first kappa shape index (κ1) is 20.2. The van der Waals surface area contributed by atoms with E-state index in [1.165, 1.54) is 4.90 Å². The van der Waals surface area contributed by atoms with Gasteiger partial charge in [-0.2, -0.15) is 13.2 Å². The molecule has 3 rings (SSSR count). The van der Waals surface area contributed by atoms with Gasteiger partial charge in [-0.15, -0.1) is 0 Å². The molecule has 0 aliphatic heterocycles. The smallest absolute Gasteiger partial charge is 0.345 e. The molecular weight excluding hydrogens is 387 g/mol. The van der Waals surface area contributed by atoms with Crippen LogP contribution in [0.4, 0.5) is 23.7 Å². The predicted octanol–water partition coefficient (Wildman–Crippen LogP) is 3.39. The summed E-state index contributed by atoms with van der Waals surface area (Å²) in [5.74, 6) is -0.145. The largest absolute Gasteiger partial charge is 0.405 e. The third-order valence-electron chi connectivity index (χ3n) is 4.03. The number of hydrogen-bond donors (Lipinski definition) is 2. The van der Waals surface area contributed by atoms with Crippen LogP contribution in [0.25, 0.3) is 16.9 Å². The molecule has 29 heavy (non-hydrogen) atoms. The zero-order chi connectivity index (χ0) is 21.2. The molecule has 3 amide bonds. The Morgan fingerprint density at radius 2 is 1.93 bits per heavy atom. The number of urea groups is 1. The summed E-state index contributed by atoms with van der Waals surface area (Å²) in [7, 11) is 3.32. The number of nitrogens with zero attached hydrogens (tertiary/aromatic N) is 3. The van der Waals surface area contributed by atoms with E-state index in [1.807, 2.05) is 0 Å². The van der Waals surface area contributed by atoms with Crippen LogP contribution in [0.5, 0.6) is 0 Å². The van der Waals surface area contributed by atoms with Gasteiger partial charge in [0.1, 0.15) is 12.2 Å². The molecule has 2 heterocycles. The average Bonchev–Trinajstić information content (AvgIpc) is 3.08. The Labute approximate surface area is 164 Å². The number of amides is 3. The van der Waals surface area contributed by atoms with Crippen molar-refractivity contribution in [3.8, 4) is 11.3 Å². The lowest BCUT2D eigenvalue weighted by atomic mass is 10.1. The van der Waals surface area contributed by atoms with Crippen LogP contribution in [0.1, 0.15) is 10.4 Å². The summed E-state index contributed by atoms with van der Waals surface area (Å²) in [4.78, 5) is 29.5. The highest BCUT2D eigenvalue weighted by Gasteiger charge is 2.27. The molecule has 0 atom stereocenters. The standard InChI is InChI=1S/C19H18F3N5O2/c1-26(2)17(28)13-6-7-27-15(10-23-16(27)9-13)12-4-3-5-14(8-12)25-18(29)24-11-19(20,21)22/h3-10H,11H2,1-2H3,(H2,24,25,29). The van der Waals surface area contributed by atoms with Crippen molar-refractivity contribution in [2.45, 2.75) is 6.18 Å². The number of carbonyl (C=O) groups excluding carboxylic acids is 2. The van der Waals surface area contributed by atoms with Gasteiger partial charge in [-0.05, 0) is 24.3 Å². The van der Waals surface area contributed by atoms with Gasteiger partial charge in [-0.3, -0.25) is 9.20 Å². The zero-order valence-corrected chi connectivity index (χ0v) is 15.6. The number of fused-ring (bicyclic) bond motifs is 1. The van der Waals surface area contributed by atoms with Crippen LogP contribution in [-0.4, -0.2) is 53.0 Å². The highest BCUT2D eigenvalue weighted by atomic mass is 19.4. The van der Waals surface area contributed by atoms with Crippen molar-refractivity contribution in [3.05, 3.63) is 54.4 Å². The van der Waals surface area contributed by atoms with Crippen molar-refractivity contribution in [1.29, 1.82) is 0 Å². The van der Waals surface area contributed by atoms with Gasteiger partial charge in [0.15, 0.2) is 0 Å². The van der Waals surface area contributed by atoms with Gasteiger partial charge in [0, 0.05) is 37.1 Å². The summed E-state index contributed by atoms with van der Waals surface area (Å²) < 4.78 is 38.4. The quantitative estimate of drug-likeness (QED) is 0.699. The SMILES string of the molecule is CN(C)C(=O)c1ccn2c(-c3cccc(NC(=O)NCC(F)(F)F)c3)cnc2c1. The Kier molecular flexibility index (Phi) is 5.44. The second-order valence-corrected chi connectivity index (χ2v) is 6.49. The highest BCUT2D eigenvalue weighted by molar-refractivity contribution is 5.95. The maximum absolute atomic E-state index is 12.2. The average molecular weight is 405 g/mol. The molecule has 7 nitrogen and oxygen atoms in total. The molecule has 0 unspecified atom stereocenters. The minimum absolute atomic E-state index is 0.145. The number of carbonyl (C=O) groups is 2. The Morgan fingerprint density at radius 1 is 1.17 bits per heavy atom. The first-order chi connectivity index (χ1) is 13.6. The molecule has 2 aromatic heterocycles. The minimum Gasteiger partial charge on any atom is -0.345 e. The van der Waals surface area contributed by atoms with E-state index in [9.17, 15) is 22.8 Å². The van der Waals surface area contributed by atoms with Crippen LogP contribution in [-0.2, 0) is 0 Å². The van der Waals surface area contributed by atoms with E-state index in [-0.39, 0.29) is 5.91 Å². The number of imidazole rings is 1. The van der Waals surface area contributed by atoms with Crippen molar-refractivity contribution >= 4 is 23.3 Å². The maximum Gasteiger partial charge on any atom is 0.405 e. The first-order valence-corrected chi connectivity index (χ1v) is 8.55. The summed E-state index contributed by atoms with van der Waals surface area (Å²) in [5.41, 5.74) is 2.78. The number of aromatic nitrogens is 2. The van der Waals surface area contributed by atoms with Crippen molar-refractivity contribution in [1.82, 2.24) is 19.6 Å². The van der Waals surface area contributed by atoms with Crippen LogP contribution in [0.3, 0.4) is 0 Å². The van der Waals surface area contributed by atoms with Crippen LogP contribution in [0.15, 0.2) is 48.8 Å². The Hall–Kier alpha value is -3.56. The Morgan fingerprint density at radius 3 is 2.62 bits per heavy atom. The van der Waals surface area contributed by atoms with Crippen molar-refractivity contribution in [3.63, 3.8) is 0 Å². The van der Waals surface area contributed by atoms with E-state index in [0.717, 1.165) is 0 Å². The summed E-state index contributed by atoms with van der Waals surface area (Å²) in [6.45, 7) is -1.42. The monoisotopic (exact) mass is 405 g/mol. The third-order valence-corrected chi connectivity index (χ3v) is 4.03. The lowest BCUT2D eigenvalue weighted by Crippen LogP contribution is -2.36. The number of benzene rings is 1. The van der Waals surface area contributed by atoms with Crippen LogP contribution in [0.2, 0.25) is 0 Å². The molecule has 1 aromatic carbocycles. The van der Waals surface area contributed by atoms with Gasteiger partial charge in [0.25, 0.3) is 5.91 Å². The molecular formula is C19H18F3N5O2. The summed E-state index contributed by atoms with van der Waals surface area (Å²) >= 11 is 0. The number of alkyl halides is 3. The van der Waals surface area contributed by atoms with E-state index in [4.69, 9.17) is 0 Å². The molecule has 3 aromatic rings. The molecule has 0 aliphatic rings. The minimum atomic E-state index is -4.48. The van der Waals surface area contributed by atoms with Crippen LogP contribution < -0.4 is 10.6 Å². The van der Waals surface area contributed by atoms with Gasteiger partial charge in [-0.25, -0.2) is 9.78 Å². The lowest BCUT2D eigenvalue weighted by Gasteiger charge is -2.11. The maximum atomic E-state index is 12.2. The fourth-order valence-corrected chi connectivity index (χ4v) is 2.70. The van der Waals surface area contributed by atoms with E-state index < -0.39 is 18.8 Å². The predicted molar refractivity (Wildman–Crippen MR) is 102 cm³/mol. The molecule has 0 saturated carbocycles. The normalized spacial score (nSPS) is 11.3. The number of hydrogen-bond acceptors (Lipinski definition) is 3. The third kappa shape index (κ3) is 4.84. The number of halogens is 3. The molecule has 10 heteroatoms. The highest BCUT2D eigenvalue weighted by Crippen LogP contribution is 2.24. The van der Waals surface area contributed by atoms with Crippen molar-refractivity contribution < 1.29 is 22.8 Å². The molecule has 0 spiro atoms. The molecule has 0 saturated heterocycles. The first-order valence-electron chi connectivity index (χ1n) is 8.55. The molecule has 0 aliphatic carbocycles. The van der Waals surface area contributed by atoms with E-state index in [2.05, 4.69) is 10.3 Å². The van der Waals surface area contributed by atoms with Gasteiger partial charge >= 0.3 is 12.2 Å². The lowest BCUT2D eigenvalue weighted by molar-refractivity contribution is -0.122. The Bertz CT molecular complexity index is 1060. The second kappa shape index (κ2) is 7.82. The molecule has 152 valence electrons. The zero-order valence-electron chi connectivity index (χ0n) is 15.6. The molecule has 2 N–H and O–H groups in total. The second-order valence-electron chi connectivity index (χ2n) is 6.49. The Balaban J connectivity index is 1.82. The van der Waals surface area contributed by atoms with Gasteiger partial charge in [0.2, 0.25) is 0 Å². The fraction of sp³-hybridized carbons (Fsp3) is 0.211. The van der Waals surface area contributed by atoms with Crippen molar-refractivity contribution in [2.24, 2.45) is 0 Å². The van der Waals surface area contributed by atoms with Gasteiger partial charge in [-0.1, -0.05) is 12.1 Å². The topological polar surface area (TPSA) is 78.7 Å². The van der Waals surface area contributed by atoms with E-state index in [0.29, 0.717) is 28.2 Å². The molecule has 0 bridgehead atoms. The molecule has 0 fully saturated rings. The number of pyridine rings is 1. The van der Waals surface area contributed by atoms with Gasteiger partial charge in [0.05, 0.1) is 11.9 Å². The molecule has 0 radical (unpaired) electrons. The number of nitrogens with one attached hydrogen (secondary N) is 2. The summed E-state index contributed by atoms with van der Waals surface area (Å²) in [5, 5.41) is 4.12.